The van der Waals surface area contributed by atoms with Gasteiger partial charge in [0.25, 0.3) is 0 Å². The van der Waals surface area contributed by atoms with Crippen molar-refractivity contribution in [3.63, 3.8) is 0 Å². The number of hydrogen-bond acceptors (Lipinski definition) is 3. The summed E-state index contributed by atoms with van der Waals surface area (Å²) in [7, 11) is 0. The van der Waals surface area contributed by atoms with Gasteiger partial charge in [-0.2, -0.15) is 0 Å². The molecule has 0 radical (unpaired) electrons. The number of rotatable bonds is 3. The standard InChI is InChI=1S/C14H15NO4/c16-13(17)12-10-6-11(12)15(7-10)14(18)19-8-9-4-2-1-3-5-9/h1-5,10-12H,6-8H2,(H,16,17)/t10-,11-,12+/m0/s1. The molecule has 3 aliphatic rings. The van der Waals surface area contributed by atoms with E-state index in [4.69, 9.17) is 9.84 Å². The summed E-state index contributed by atoms with van der Waals surface area (Å²) in [5.74, 6) is -1.10. The number of amides is 1. The highest BCUT2D eigenvalue weighted by Crippen LogP contribution is 2.46. The van der Waals surface area contributed by atoms with Crippen LogP contribution in [-0.2, 0) is 16.1 Å². The minimum Gasteiger partial charge on any atom is -0.481 e. The predicted molar refractivity (Wildman–Crippen MR) is 66.4 cm³/mol. The molecule has 1 N–H and O–H groups in total. The van der Waals surface area contributed by atoms with E-state index < -0.39 is 18.0 Å². The van der Waals surface area contributed by atoms with Crippen molar-refractivity contribution in [3.05, 3.63) is 35.9 Å². The number of benzene rings is 1. The summed E-state index contributed by atoms with van der Waals surface area (Å²) in [4.78, 5) is 24.5. The molecule has 2 aliphatic heterocycles. The zero-order chi connectivity index (χ0) is 13.4. The molecule has 1 aromatic rings. The minimum absolute atomic E-state index is 0.103. The Labute approximate surface area is 110 Å². The number of carboxylic acids is 1. The van der Waals surface area contributed by atoms with Crippen LogP contribution in [0.25, 0.3) is 0 Å². The van der Waals surface area contributed by atoms with Gasteiger partial charge >= 0.3 is 12.1 Å². The average Bonchev–Trinajstić information content (AvgIpc) is 2.95. The lowest BCUT2D eigenvalue weighted by atomic mass is 9.74. The zero-order valence-electron chi connectivity index (χ0n) is 10.4. The molecule has 19 heavy (non-hydrogen) atoms. The van der Waals surface area contributed by atoms with Crippen molar-refractivity contribution < 1.29 is 19.4 Å². The van der Waals surface area contributed by atoms with Gasteiger partial charge in [-0.05, 0) is 17.9 Å². The number of carbonyl (C=O) groups excluding carboxylic acids is 1. The first-order valence-corrected chi connectivity index (χ1v) is 6.37. The quantitative estimate of drug-likeness (QED) is 0.899. The highest BCUT2D eigenvalue weighted by atomic mass is 16.6. The van der Waals surface area contributed by atoms with Gasteiger partial charge in [0.05, 0.1) is 5.92 Å². The second kappa shape index (κ2) is 4.57. The van der Waals surface area contributed by atoms with Crippen molar-refractivity contribution in [2.75, 3.05) is 6.54 Å². The fraction of sp³-hybridized carbons (Fsp3) is 0.429. The number of fused-ring (bicyclic) bond motifs is 1. The number of hydrogen-bond donors (Lipinski definition) is 1. The van der Waals surface area contributed by atoms with Gasteiger partial charge in [0.15, 0.2) is 0 Å². The SMILES string of the molecule is O=C(O)[C@@H]1[C@H]2C[C@@H]1N(C(=O)OCc1ccccc1)C2. The number of carbonyl (C=O) groups is 2. The Kier molecular flexibility index (Phi) is 2.89. The van der Waals surface area contributed by atoms with E-state index in [-0.39, 0.29) is 18.6 Å². The summed E-state index contributed by atoms with van der Waals surface area (Å²) in [5, 5.41) is 9.04. The molecule has 1 aliphatic carbocycles. The number of aliphatic carboxylic acids is 1. The molecule has 5 nitrogen and oxygen atoms in total. The molecule has 4 rings (SSSR count). The molecule has 1 amide bonds. The molecule has 1 saturated carbocycles. The van der Waals surface area contributed by atoms with Crippen molar-refractivity contribution in [2.24, 2.45) is 11.8 Å². The lowest BCUT2D eigenvalue weighted by molar-refractivity contribution is -0.147. The van der Waals surface area contributed by atoms with Gasteiger partial charge in [0.2, 0.25) is 0 Å². The van der Waals surface area contributed by atoms with Gasteiger partial charge in [-0.1, -0.05) is 30.3 Å². The van der Waals surface area contributed by atoms with Gasteiger partial charge in [-0.15, -0.1) is 0 Å². The molecule has 3 fully saturated rings. The van der Waals surface area contributed by atoms with Crippen LogP contribution in [0.3, 0.4) is 0 Å². The van der Waals surface area contributed by atoms with Gasteiger partial charge in [-0.25, -0.2) is 4.79 Å². The summed E-state index contributed by atoms with van der Waals surface area (Å²) in [6.45, 7) is 0.737. The number of ether oxygens (including phenoxy) is 1. The largest absolute Gasteiger partial charge is 0.481 e. The predicted octanol–water partition coefficient (Wildman–Crippen LogP) is 1.73. The normalized spacial score (nSPS) is 27.8. The third kappa shape index (κ3) is 2.05. The Bertz CT molecular complexity index is 501. The third-order valence-corrected chi connectivity index (χ3v) is 4.02. The third-order valence-electron chi connectivity index (χ3n) is 4.02. The van der Waals surface area contributed by atoms with Crippen LogP contribution in [0.15, 0.2) is 30.3 Å². The monoisotopic (exact) mass is 261 g/mol. The van der Waals surface area contributed by atoms with Gasteiger partial charge in [0, 0.05) is 12.6 Å². The van der Waals surface area contributed by atoms with Crippen molar-refractivity contribution in [2.45, 2.75) is 19.1 Å². The molecule has 2 bridgehead atoms. The zero-order valence-corrected chi connectivity index (χ0v) is 10.4. The first-order chi connectivity index (χ1) is 9.16. The summed E-state index contributed by atoms with van der Waals surface area (Å²) in [6, 6.07) is 9.27. The van der Waals surface area contributed by atoms with E-state index in [1.165, 1.54) is 0 Å². The number of nitrogens with zero attached hydrogens (tertiary/aromatic N) is 1. The van der Waals surface area contributed by atoms with E-state index in [9.17, 15) is 9.59 Å². The number of carboxylic acid groups (broad SMARTS) is 1. The molecule has 0 unspecified atom stereocenters. The van der Waals surface area contributed by atoms with E-state index >= 15 is 0 Å². The van der Waals surface area contributed by atoms with Crippen LogP contribution in [0.4, 0.5) is 4.79 Å². The summed E-state index contributed by atoms with van der Waals surface area (Å²) >= 11 is 0. The van der Waals surface area contributed by atoms with Crippen LogP contribution in [0.1, 0.15) is 12.0 Å². The van der Waals surface area contributed by atoms with Crippen molar-refractivity contribution in [1.29, 1.82) is 0 Å². The lowest BCUT2D eigenvalue weighted by Gasteiger charge is -2.32. The first kappa shape index (κ1) is 12.0. The van der Waals surface area contributed by atoms with Crippen LogP contribution in [0.2, 0.25) is 0 Å². The van der Waals surface area contributed by atoms with Crippen LogP contribution < -0.4 is 0 Å². The molecule has 0 aromatic heterocycles. The molecule has 5 heteroatoms. The molecule has 2 heterocycles. The maximum Gasteiger partial charge on any atom is 0.410 e. The Balaban J connectivity index is 1.56. The fourth-order valence-corrected chi connectivity index (χ4v) is 3.00. The lowest BCUT2D eigenvalue weighted by Crippen LogP contribution is -2.45. The molecule has 0 spiro atoms. The maximum atomic E-state index is 11.9. The van der Waals surface area contributed by atoms with E-state index in [0.717, 1.165) is 12.0 Å². The maximum absolute atomic E-state index is 11.9. The highest BCUT2D eigenvalue weighted by Gasteiger charge is 2.57. The van der Waals surface area contributed by atoms with E-state index in [1.54, 1.807) is 4.90 Å². The highest BCUT2D eigenvalue weighted by molar-refractivity contribution is 5.77. The molecule has 2 saturated heterocycles. The Hall–Kier alpha value is -2.04. The molecule has 3 atom stereocenters. The smallest absolute Gasteiger partial charge is 0.410 e. The molecule has 1 aromatic carbocycles. The van der Waals surface area contributed by atoms with Crippen LogP contribution in [0, 0.1) is 11.8 Å². The molecular formula is C14H15NO4. The topological polar surface area (TPSA) is 66.8 Å². The fourth-order valence-electron chi connectivity index (χ4n) is 3.00. The first-order valence-electron chi connectivity index (χ1n) is 6.37. The second-order valence-corrected chi connectivity index (χ2v) is 5.12. The van der Waals surface area contributed by atoms with Crippen LogP contribution >= 0.6 is 0 Å². The summed E-state index contributed by atoms with van der Waals surface area (Å²) in [6.07, 6.45) is 0.386. The van der Waals surface area contributed by atoms with Crippen molar-refractivity contribution in [1.82, 2.24) is 4.90 Å². The van der Waals surface area contributed by atoms with Gasteiger partial charge in [0.1, 0.15) is 6.61 Å². The van der Waals surface area contributed by atoms with Gasteiger partial charge < -0.3 is 14.7 Å². The Morgan fingerprint density at radius 3 is 2.68 bits per heavy atom. The Morgan fingerprint density at radius 1 is 1.32 bits per heavy atom. The van der Waals surface area contributed by atoms with Crippen LogP contribution in [-0.4, -0.2) is 34.7 Å². The van der Waals surface area contributed by atoms with E-state index in [0.29, 0.717) is 6.54 Å². The van der Waals surface area contributed by atoms with Crippen LogP contribution in [0.5, 0.6) is 0 Å². The summed E-state index contributed by atoms with van der Waals surface area (Å²) in [5.41, 5.74) is 0.928. The van der Waals surface area contributed by atoms with E-state index in [1.807, 2.05) is 30.3 Å². The average molecular weight is 261 g/mol. The second-order valence-electron chi connectivity index (χ2n) is 5.12. The minimum atomic E-state index is -0.806. The van der Waals surface area contributed by atoms with Gasteiger partial charge in [-0.3, -0.25) is 4.79 Å². The summed E-state index contributed by atoms with van der Waals surface area (Å²) < 4.78 is 5.23. The van der Waals surface area contributed by atoms with Crippen molar-refractivity contribution in [3.8, 4) is 0 Å². The Morgan fingerprint density at radius 2 is 2.05 bits per heavy atom. The molecule has 100 valence electrons. The van der Waals surface area contributed by atoms with E-state index in [2.05, 4.69) is 0 Å². The van der Waals surface area contributed by atoms with Crippen molar-refractivity contribution >= 4 is 12.1 Å². The molecular weight excluding hydrogens is 246 g/mol.